The third-order valence-corrected chi connectivity index (χ3v) is 3.03. The average molecular weight is 215 g/mol. The van der Waals surface area contributed by atoms with Gasteiger partial charge in [0.2, 0.25) is 4.38 Å². The van der Waals surface area contributed by atoms with E-state index in [-0.39, 0.29) is 4.38 Å². The minimum atomic E-state index is -4.19. The highest BCUT2D eigenvalue weighted by Crippen LogP contribution is 2.07. The van der Waals surface area contributed by atoms with E-state index in [1.54, 1.807) is 6.92 Å². The highest BCUT2D eigenvalue weighted by molar-refractivity contribution is 8.27. The minimum Gasteiger partial charge on any atom is -0.747 e. The lowest BCUT2D eigenvalue weighted by molar-refractivity contribution is 0.346. The molecule has 0 aromatic carbocycles. The largest absolute Gasteiger partial charge is 0.747 e. The zero-order chi connectivity index (χ0) is 8.91. The summed E-state index contributed by atoms with van der Waals surface area (Å²) in [6, 6.07) is 0. The average Bonchev–Trinajstić information content (AvgIpc) is 1.83. The number of hydrogen-bond donors (Lipinski definition) is 0. The van der Waals surface area contributed by atoms with Crippen LogP contribution in [0.1, 0.15) is 6.92 Å². The van der Waals surface area contributed by atoms with Gasteiger partial charge in [-0.3, -0.25) is 0 Å². The van der Waals surface area contributed by atoms with E-state index in [9.17, 15) is 13.0 Å². The number of rotatable bonds is 3. The summed E-state index contributed by atoms with van der Waals surface area (Å²) < 4.78 is 35.0. The molecule has 0 aromatic heterocycles. The highest BCUT2D eigenvalue weighted by atomic mass is 32.3. The third-order valence-electron chi connectivity index (χ3n) is 0.583. The van der Waals surface area contributed by atoms with E-state index >= 15 is 0 Å². The van der Waals surface area contributed by atoms with Crippen molar-refractivity contribution in [3.8, 4) is 0 Å². The minimum absolute atomic E-state index is 0.0897. The number of ether oxygens (including phenoxy) is 1. The van der Waals surface area contributed by atoms with Gasteiger partial charge in [-0.2, -0.15) is 0 Å². The molecular weight excluding hydrogens is 208 g/mol. The fourth-order valence-corrected chi connectivity index (χ4v) is 1.99. The molecule has 0 aliphatic heterocycles. The molecule has 66 valence electrons. The molecule has 0 atom stereocenters. The first kappa shape index (κ1) is 11.2. The molecule has 0 unspecified atom stereocenters. The van der Waals surface area contributed by atoms with Gasteiger partial charge in [-0.05, 0) is 19.1 Å². The van der Waals surface area contributed by atoms with Crippen molar-refractivity contribution in [2.24, 2.45) is 0 Å². The van der Waals surface area contributed by atoms with Crippen molar-refractivity contribution in [3.63, 3.8) is 0 Å². The smallest absolute Gasteiger partial charge is 0.220 e. The molecule has 0 saturated carbocycles. The third kappa shape index (κ3) is 8.05. The van der Waals surface area contributed by atoms with Crippen LogP contribution in [-0.2, 0) is 14.9 Å². The van der Waals surface area contributed by atoms with Gasteiger partial charge in [0.15, 0.2) is 0 Å². The molecule has 0 aliphatic carbocycles. The van der Waals surface area contributed by atoms with Gasteiger partial charge in [-0.1, -0.05) is 11.8 Å². The summed E-state index contributed by atoms with van der Waals surface area (Å²) in [7, 11) is -4.19. The fourth-order valence-electron chi connectivity index (χ4n) is 0.280. The van der Waals surface area contributed by atoms with Gasteiger partial charge in [0.05, 0.1) is 11.7 Å². The Balaban J connectivity index is 3.64. The standard InChI is InChI=1S/C4H8O4S3/c1-2-8-4(9)10-3-11(5,6)7/h2-3H2,1H3,(H,5,6,7)/p-1. The molecule has 0 fully saturated rings. The van der Waals surface area contributed by atoms with E-state index in [0.717, 1.165) is 0 Å². The molecule has 0 amide bonds. The van der Waals surface area contributed by atoms with Gasteiger partial charge in [-0.25, -0.2) is 8.42 Å². The van der Waals surface area contributed by atoms with Crippen molar-refractivity contribution < 1.29 is 17.7 Å². The summed E-state index contributed by atoms with van der Waals surface area (Å²) in [5, 5.41) is -0.564. The first-order valence-electron chi connectivity index (χ1n) is 2.69. The maximum absolute atomic E-state index is 10.0. The Hall–Kier alpha value is 0.150. The van der Waals surface area contributed by atoms with Crippen LogP contribution in [0, 0.1) is 0 Å². The second-order valence-corrected chi connectivity index (χ2v) is 4.85. The van der Waals surface area contributed by atoms with Crippen molar-refractivity contribution in [2.45, 2.75) is 6.92 Å². The summed E-state index contributed by atoms with van der Waals surface area (Å²) in [5.74, 6) is 0. The molecule has 0 bridgehead atoms. The second kappa shape index (κ2) is 4.91. The van der Waals surface area contributed by atoms with Gasteiger partial charge in [0.1, 0.15) is 10.1 Å². The van der Waals surface area contributed by atoms with Crippen molar-refractivity contribution in [1.29, 1.82) is 0 Å². The van der Waals surface area contributed by atoms with E-state index in [1.807, 2.05) is 0 Å². The van der Waals surface area contributed by atoms with Crippen LogP contribution in [-0.4, -0.2) is 29.0 Å². The maximum atomic E-state index is 10.0. The molecule has 0 saturated heterocycles. The Kier molecular flexibility index (Phi) is 4.98. The molecule has 4 nitrogen and oxygen atoms in total. The zero-order valence-electron chi connectivity index (χ0n) is 5.77. The molecule has 11 heavy (non-hydrogen) atoms. The van der Waals surface area contributed by atoms with Crippen molar-refractivity contribution in [3.05, 3.63) is 0 Å². The van der Waals surface area contributed by atoms with E-state index in [0.29, 0.717) is 18.4 Å². The summed E-state index contributed by atoms with van der Waals surface area (Å²) >= 11 is 5.28. The lowest BCUT2D eigenvalue weighted by Crippen LogP contribution is -2.05. The van der Waals surface area contributed by atoms with Crippen LogP contribution in [0.5, 0.6) is 0 Å². The summed E-state index contributed by atoms with van der Waals surface area (Å²) in [6.45, 7) is 2.10. The number of hydrogen-bond acceptors (Lipinski definition) is 6. The Morgan fingerprint density at radius 3 is 2.64 bits per heavy atom. The predicted molar refractivity (Wildman–Crippen MR) is 46.4 cm³/mol. The monoisotopic (exact) mass is 215 g/mol. The molecule has 0 radical (unpaired) electrons. The van der Waals surface area contributed by atoms with Crippen molar-refractivity contribution >= 4 is 38.5 Å². The van der Waals surface area contributed by atoms with E-state index in [1.165, 1.54) is 0 Å². The second-order valence-electron chi connectivity index (χ2n) is 1.50. The molecule has 7 heteroatoms. The van der Waals surface area contributed by atoms with Crippen LogP contribution in [0.3, 0.4) is 0 Å². The quantitative estimate of drug-likeness (QED) is 0.506. The normalized spacial score (nSPS) is 11.1. The fraction of sp³-hybridized carbons (Fsp3) is 0.750. The lowest BCUT2D eigenvalue weighted by Gasteiger charge is -2.06. The summed E-state index contributed by atoms with van der Waals surface area (Å²) in [5.41, 5.74) is 0. The van der Waals surface area contributed by atoms with E-state index in [4.69, 9.17) is 4.74 Å². The van der Waals surface area contributed by atoms with Gasteiger partial charge in [0, 0.05) is 0 Å². The summed E-state index contributed by atoms with van der Waals surface area (Å²) in [6.07, 6.45) is 0. The van der Waals surface area contributed by atoms with Gasteiger partial charge < -0.3 is 9.29 Å². The predicted octanol–water partition coefficient (Wildman–Crippen LogP) is 0.544. The van der Waals surface area contributed by atoms with Crippen LogP contribution in [0.2, 0.25) is 0 Å². The molecule has 0 aromatic rings. The Labute approximate surface area is 75.1 Å². The molecule has 0 rings (SSSR count). The Bertz CT molecular complexity index is 219. The van der Waals surface area contributed by atoms with Gasteiger partial charge >= 0.3 is 0 Å². The molecule has 0 spiro atoms. The van der Waals surface area contributed by atoms with Crippen LogP contribution >= 0.6 is 24.0 Å². The molecular formula is C4H7O4S3-. The zero-order valence-corrected chi connectivity index (χ0v) is 8.22. The maximum Gasteiger partial charge on any atom is 0.220 e. The number of thiocarbonyl (C=S) groups is 1. The SMILES string of the molecule is CCOC(=S)SCS(=O)(=O)[O-]. The Morgan fingerprint density at radius 2 is 2.27 bits per heavy atom. The van der Waals surface area contributed by atoms with E-state index in [2.05, 4.69) is 12.2 Å². The Morgan fingerprint density at radius 1 is 1.73 bits per heavy atom. The summed E-state index contributed by atoms with van der Waals surface area (Å²) in [4.78, 5) is 0. The van der Waals surface area contributed by atoms with Crippen LogP contribution in [0.4, 0.5) is 0 Å². The lowest BCUT2D eigenvalue weighted by atomic mass is 10.9. The highest BCUT2D eigenvalue weighted by Gasteiger charge is 2.00. The van der Waals surface area contributed by atoms with Crippen LogP contribution < -0.4 is 0 Å². The van der Waals surface area contributed by atoms with Crippen LogP contribution in [0.25, 0.3) is 0 Å². The van der Waals surface area contributed by atoms with Gasteiger partial charge in [-0.15, -0.1) is 0 Å². The molecule has 0 heterocycles. The van der Waals surface area contributed by atoms with Gasteiger partial charge in [0.25, 0.3) is 0 Å². The van der Waals surface area contributed by atoms with Crippen molar-refractivity contribution in [1.82, 2.24) is 0 Å². The molecule has 0 aliphatic rings. The topological polar surface area (TPSA) is 66.4 Å². The first-order valence-corrected chi connectivity index (χ1v) is 5.66. The number of thioether (sulfide) groups is 1. The van der Waals surface area contributed by atoms with Crippen LogP contribution in [0.15, 0.2) is 0 Å². The first-order chi connectivity index (χ1) is 4.95. The molecule has 0 N–H and O–H groups in total. The van der Waals surface area contributed by atoms with E-state index < -0.39 is 15.2 Å². The van der Waals surface area contributed by atoms with Crippen molar-refractivity contribution in [2.75, 3.05) is 11.7 Å².